The van der Waals surface area contributed by atoms with Crippen LogP contribution in [0.3, 0.4) is 0 Å². The van der Waals surface area contributed by atoms with Crippen molar-refractivity contribution in [2.24, 2.45) is 0 Å². The lowest BCUT2D eigenvalue weighted by Gasteiger charge is -2.28. The normalized spacial score (nSPS) is 12.3. The molecule has 0 aliphatic carbocycles. The minimum Gasteiger partial charge on any atom is -0.478 e. The Labute approximate surface area is 119 Å². The molecular formula is C16H20N2O2. The maximum absolute atomic E-state index is 11.2. The second kappa shape index (κ2) is 5.90. The molecule has 1 N–H and O–H groups in total. The van der Waals surface area contributed by atoms with Gasteiger partial charge in [-0.25, -0.2) is 9.78 Å². The maximum Gasteiger partial charge on any atom is 0.336 e. The number of carbonyl (C=O) groups is 1. The van der Waals surface area contributed by atoms with Crippen LogP contribution in [0.2, 0.25) is 0 Å². The third kappa shape index (κ3) is 2.59. The summed E-state index contributed by atoms with van der Waals surface area (Å²) in [6.07, 6.45) is 1.04. The van der Waals surface area contributed by atoms with Gasteiger partial charge in [-0.15, -0.1) is 0 Å². The fraction of sp³-hybridized carbons (Fsp3) is 0.375. The molecule has 20 heavy (non-hydrogen) atoms. The Morgan fingerprint density at radius 3 is 2.65 bits per heavy atom. The summed E-state index contributed by atoms with van der Waals surface area (Å²) in [7, 11) is 0. The molecule has 4 heteroatoms. The predicted octanol–water partition coefficient (Wildman–Crippen LogP) is 3.56. The largest absolute Gasteiger partial charge is 0.478 e. The molecule has 1 aromatic heterocycles. The number of aromatic nitrogens is 1. The molecule has 0 amide bonds. The molecule has 1 heterocycles. The topological polar surface area (TPSA) is 53.4 Å². The fourth-order valence-corrected chi connectivity index (χ4v) is 2.41. The lowest BCUT2D eigenvalue weighted by atomic mass is 10.1. The fourth-order valence-electron chi connectivity index (χ4n) is 2.41. The summed E-state index contributed by atoms with van der Waals surface area (Å²) >= 11 is 0. The molecule has 0 saturated carbocycles. The van der Waals surface area contributed by atoms with Crippen molar-refractivity contribution in [1.29, 1.82) is 0 Å². The van der Waals surface area contributed by atoms with E-state index < -0.39 is 5.97 Å². The predicted molar refractivity (Wildman–Crippen MR) is 81.5 cm³/mol. The summed E-state index contributed by atoms with van der Waals surface area (Å²) in [5, 5.41) is 9.88. The molecule has 1 aromatic carbocycles. The standard InChI is InChI=1S/C16H20N2O2/c1-4-11(3)18(5-2)15-10-9-12-13(16(19)20)7-6-8-14(12)17-15/h6-11H,4-5H2,1-3H3,(H,19,20). The molecule has 1 unspecified atom stereocenters. The SMILES string of the molecule is CCC(C)N(CC)c1ccc2c(C(=O)O)cccc2n1. The first-order chi connectivity index (χ1) is 9.58. The highest BCUT2D eigenvalue weighted by molar-refractivity contribution is 6.02. The number of carboxylic acid groups (broad SMARTS) is 1. The smallest absolute Gasteiger partial charge is 0.336 e. The summed E-state index contributed by atoms with van der Waals surface area (Å²) in [6, 6.07) is 9.37. The van der Waals surface area contributed by atoms with Gasteiger partial charge in [0.25, 0.3) is 0 Å². The van der Waals surface area contributed by atoms with Crippen molar-refractivity contribution in [3.05, 3.63) is 35.9 Å². The van der Waals surface area contributed by atoms with Crippen LogP contribution in [-0.4, -0.2) is 28.6 Å². The Morgan fingerprint density at radius 1 is 1.30 bits per heavy atom. The van der Waals surface area contributed by atoms with Crippen LogP contribution >= 0.6 is 0 Å². The molecule has 0 saturated heterocycles. The van der Waals surface area contributed by atoms with E-state index in [1.807, 2.05) is 18.2 Å². The van der Waals surface area contributed by atoms with Gasteiger partial charge in [-0.05, 0) is 44.5 Å². The molecule has 2 rings (SSSR count). The van der Waals surface area contributed by atoms with E-state index in [1.54, 1.807) is 12.1 Å². The van der Waals surface area contributed by atoms with Gasteiger partial charge >= 0.3 is 5.97 Å². The Kier molecular flexibility index (Phi) is 4.23. The number of fused-ring (bicyclic) bond motifs is 1. The van der Waals surface area contributed by atoms with Crippen LogP contribution in [0.5, 0.6) is 0 Å². The van der Waals surface area contributed by atoms with E-state index >= 15 is 0 Å². The first-order valence-electron chi connectivity index (χ1n) is 6.98. The van der Waals surface area contributed by atoms with E-state index in [2.05, 4.69) is 30.7 Å². The summed E-state index contributed by atoms with van der Waals surface area (Å²) in [5.74, 6) is -0.0173. The number of rotatable bonds is 5. The average molecular weight is 272 g/mol. The lowest BCUT2D eigenvalue weighted by Crippen LogP contribution is -2.32. The number of anilines is 1. The van der Waals surface area contributed by atoms with Crippen LogP contribution in [0.25, 0.3) is 10.9 Å². The van der Waals surface area contributed by atoms with Gasteiger partial charge in [0, 0.05) is 18.0 Å². The Bertz CT molecular complexity index is 625. The van der Waals surface area contributed by atoms with Crippen LogP contribution in [0, 0.1) is 0 Å². The minimum absolute atomic E-state index is 0.299. The molecule has 0 aliphatic rings. The third-order valence-corrected chi connectivity index (χ3v) is 3.71. The first kappa shape index (κ1) is 14.3. The van der Waals surface area contributed by atoms with Gasteiger partial charge in [-0.3, -0.25) is 0 Å². The van der Waals surface area contributed by atoms with E-state index in [-0.39, 0.29) is 0 Å². The molecular weight excluding hydrogens is 252 g/mol. The Morgan fingerprint density at radius 2 is 2.05 bits per heavy atom. The molecule has 0 radical (unpaired) electrons. The van der Waals surface area contributed by atoms with Crippen molar-refractivity contribution in [1.82, 2.24) is 4.98 Å². The van der Waals surface area contributed by atoms with Gasteiger partial charge < -0.3 is 10.0 Å². The van der Waals surface area contributed by atoms with Gasteiger partial charge in [0.15, 0.2) is 0 Å². The van der Waals surface area contributed by atoms with E-state index in [1.165, 1.54) is 0 Å². The molecule has 0 aliphatic heterocycles. The average Bonchev–Trinajstić information content (AvgIpc) is 2.46. The van der Waals surface area contributed by atoms with E-state index in [0.29, 0.717) is 17.0 Å². The zero-order valence-corrected chi connectivity index (χ0v) is 12.1. The highest BCUT2D eigenvalue weighted by Gasteiger charge is 2.14. The summed E-state index contributed by atoms with van der Waals surface area (Å²) < 4.78 is 0. The van der Waals surface area contributed by atoms with Crippen LogP contribution in [-0.2, 0) is 0 Å². The molecule has 2 aromatic rings. The zero-order valence-electron chi connectivity index (χ0n) is 12.1. The van der Waals surface area contributed by atoms with Crippen LogP contribution in [0.15, 0.2) is 30.3 Å². The number of aromatic carboxylic acids is 1. The number of benzene rings is 1. The Hall–Kier alpha value is -2.10. The molecule has 1 atom stereocenters. The van der Waals surface area contributed by atoms with Gasteiger partial charge in [-0.1, -0.05) is 13.0 Å². The minimum atomic E-state index is -0.917. The number of pyridine rings is 1. The third-order valence-electron chi connectivity index (χ3n) is 3.71. The van der Waals surface area contributed by atoms with Crippen molar-refractivity contribution in [2.45, 2.75) is 33.2 Å². The van der Waals surface area contributed by atoms with Crippen LogP contribution in [0.4, 0.5) is 5.82 Å². The molecule has 4 nitrogen and oxygen atoms in total. The number of hydrogen-bond acceptors (Lipinski definition) is 3. The highest BCUT2D eigenvalue weighted by atomic mass is 16.4. The summed E-state index contributed by atoms with van der Waals surface area (Å²) in [4.78, 5) is 18.1. The number of nitrogens with zero attached hydrogens (tertiary/aromatic N) is 2. The van der Waals surface area contributed by atoms with Gasteiger partial charge in [0.05, 0.1) is 11.1 Å². The maximum atomic E-state index is 11.2. The highest BCUT2D eigenvalue weighted by Crippen LogP contribution is 2.23. The van der Waals surface area contributed by atoms with Crippen molar-refractivity contribution >= 4 is 22.7 Å². The van der Waals surface area contributed by atoms with Crippen molar-refractivity contribution in [3.8, 4) is 0 Å². The summed E-state index contributed by atoms with van der Waals surface area (Å²) in [6.45, 7) is 7.30. The molecule has 106 valence electrons. The number of hydrogen-bond donors (Lipinski definition) is 1. The zero-order chi connectivity index (χ0) is 14.7. The summed E-state index contributed by atoms with van der Waals surface area (Å²) in [5.41, 5.74) is 1.03. The molecule has 0 fully saturated rings. The van der Waals surface area contributed by atoms with E-state index in [9.17, 15) is 9.90 Å². The second-order valence-corrected chi connectivity index (χ2v) is 4.89. The second-order valence-electron chi connectivity index (χ2n) is 4.89. The van der Waals surface area contributed by atoms with Gasteiger partial charge in [0.1, 0.15) is 5.82 Å². The van der Waals surface area contributed by atoms with Crippen molar-refractivity contribution in [2.75, 3.05) is 11.4 Å². The van der Waals surface area contributed by atoms with E-state index in [0.717, 1.165) is 24.3 Å². The van der Waals surface area contributed by atoms with Crippen LogP contribution < -0.4 is 4.90 Å². The first-order valence-corrected chi connectivity index (χ1v) is 6.98. The van der Waals surface area contributed by atoms with Crippen LogP contribution in [0.1, 0.15) is 37.6 Å². The Balaban J connectivity index is 2.51. The molecule has 0 spiro atoms. The van der Waals surface area contributed by atoms with Gasteiger partial charge in [-0.2, -0.15) is 0 Å². The van der Waals surface area contributed by atoms with E-state index in [4.69, 9.17) is 0 Å². The monoisotopic (exact) mass is 272 g/mol. The number of carboxylic acids is 1. The van der Waals surface area contributed by atoms with Gasteiger partial charge in [0.2, 0.25) is 0 Å². The van der Waals surface area contributed by atoms with Crippen molar-refractivity contribution < 1.29 is 9.90 Å². The quantitative estimate of drug-likeness (QED) is 0.904. The lowest BCUT2D eigenvalue weighted by molar-refractivity contribution is 0.0699. The molecule has 0 bridgehead atoms. The van der Waals surface area contributed by atoms with Crippen molar-refractivity contribution in [3.63, 3.8) is 0 Å².